The van der Waals surface area contributed by atoms with E-state index >= 15 is 0 Å². The van der Waals surface area contributed by atoms with Gasteiger partial charge in [0.2, 0.25) is 5.91 Å². The minimum absolute atomic E-state index is 0.0271. The molecule has 3 fully saturated rings. The summed E-state index contributed by atoms with van der Waals surface area (Å²) in [5.74, 6) is 0.881. The number of ketones is 1. The first kappa shape index (κ1) is 21.1. The summed E-state index contributed by atoms with van der Waals surface area (Å²) in [6.45, 7) is 2.17. The van der Waals surface area contributed by atoms with Crippen LogP contribution in [0.15, 0.2) is 18.5 Å². The zero-order valence-corrected chi connectivity index (χ0v) is 18.6. The van der Waals surface area contributed by atoms with E-state index in [-0.39, 0.29) is 36.0 Å². The predicted octanol–water partition coefficient (Wildman–Crippen LogP) is 2.70. The van der Waals surface area contributed by atoms with Crippen LogP contribution in [0.1, 0.15) is 68.8 Å². The van der Waals surface area contributed by atoms with Gasteiger partial charge < -0.3 is 10.6 Å². The molecule has 0 spiro atoms. The van der Waals surface area contributed by atoms with Gasteiger partial charge in [-0.15, -0.1) is 0 Å². The molecule has 5 rings (SSSR count). The van der Waals surface area contributed by atoms with Gasteiger partial charge in [0.25, 0.3) is 5.91 Å². The van der Waals surface area contributed by atoms with Crippen LogP contribution in [0.5, 0.6) is 0 Å². The molecule has 0 aromatic carbocycles. The molecule has 2 N–H and O–H groups in total. The zero-order chi connectivity index (χ0) is 22.4. The smallest absolute Gasteiger partial charge is 0.269 e. The summed E-state index contributed by atoms with van der Waals surface area (Å²) < 4.78 is 1.49. The molecule has 8 heteroatoms. The second kappa shape index (κ2) is 8.30. The van der Waals surface area contributed by atoms with Gasteiger partial charge in [0, 0.05) is 24.0 Å². The zero-order valence-electron chi connectivity index (χ0n) is 18.6. The van der Waals surface area contributed by atoms with Gasteiger partial charge in [-0.1, -0.05) is 39.0 Å². The maximum absolute atomic E-state index is 13.4. The topological polar surface area (TPSA) is 111 Å². The van der Waals surface area contributed by atoms with Crippen molar-refractivity contribution >= 4 is 28.5 Å². The lowest BCUT2D eigenvalue weighted by Gasteiger charge is -2.31. The van der Waals surface area contributed by atoms with E-state index < -0.39 is 5.91 Å². The van der Waals surface area contributed by atoms with Gasteiger partial charge >= 0.3 is 0 Å². The van der Waals surface area contributed by atoms with Crippen molar-refractivity contribution in [2.24, 2.45) is 23.5 Å². The number of nitrogens with two attached hydrogens (primary N) is 1. The fourth-order valence-electron chi connectivity index (χ4n) is 5.96. The number of Topliss-reactive ketones (excluding diaryl/α,β-unsaturated/α-hetero) is 1. The van der Waals surface area contributed by atoms with E-state index in [4.69, 9.17) is 5.73 Å². The van der Waals surface area contributed by atoms with Crippen molar-refractivity contribution in [3.05, 3.63) is 24.2 Å². The summed E-state index contributed by atoms with van der Waals surface area (Å²) in [6, 6.07) is 1.51. The molecule has 0 unspecified atom stereocenters. The molecule has 0 bridgehead atoms. The lowest BCUT2D eigenvalue weighted by atomic mass is 9.78. The van der Waals surface area contributed by atoms with E-state index in [2.05, 4.69) is 17.0 Å². The summed E-state index contributed by atoms with van der Waals surface area (Å²) in [6.07, 6.45) is 11.7. The molecule has 2 aliphatic carbocycles. The number of nitrogens with zero attached hydrogens (tertiary/aromatic N) is 4. The number of pyridine rings is 1. The van der Waals surface area contributed by atoms with Gasteiger partial charge in [-0.25, -0.2) is 0 Å². The van der Waals surface area contributed by atoms with E-state index in [0.29, 0.717) is 35.1 Å². The number of amides is 2. The number of likely N-dealkylation sites (tertiary alicyclic amines) is 1. The Morgan fingerprint density at radius 3 is 2.72 bits per heavy atom. The Morgan fingerprint density at radius 2 is 1.97 bits per heavy atom. The van der Waals surface area contributed by atoms with Gasteiger partial charge in [0.15, 0.2) is 11.5 Å². The fourth-order valence-corrected chi connectivity index (χ4v) is 5.96. The van der Waals surface area contributed by atoms with Gasteiger partial charge in [0.1, 0.15) is 6.54 Å². The lowest BCUT2D eigenvalue weighted by Crippen LogP contribution is -2.45. The first-order valence-corrected chi connectivity index (χ1v) is 11.9. The van der Waals surface area contributed by atoms with Gasteiger partial charge in [0.05, 0.1) is 17.8 Å². The third-order valence-electron chi connectivity index (χ3n) is 7.81. The first-order chi connectivity index (χ1) is 15.4. The highest BCUT2D eigenvalue weighted by molar-refractivity contribution is 6.04. The SMILES string of the molecule is C[C@@H](CC(=O)[C@@H]1C[C@H]2C[C@H]2N1C(=O)Cn1nc(C(N)=O)c2ccncc21)C1CCCCC1. The highest BCUT2D eigenvalue weighted by Crippen LogP contribution is 2.48. The number of hydrogen-bond donors (Lipinski definition) is 1. The molecule has 4 atom stereocenters. The minimum Gasteiger partial charge on any atom is -0.364 e. The van der Waals surface area contributed by atoms with Gasteiger partial charge in [-0.05, 0) is 36.7 Å². The third kappa shape index (κ3) is 3.80. The molecule has 2 saturated carbocycles. The highest BCUT2D eigenvalue weighted by atomic mass is 16.2. The molecule has 170 valence electrons. The number of rotatable bonds is 7. The normalized spacial score (nSPS) is 26.2. The van der Waals surface area contributed by atoms with Crippen molar-refractivity contribution in [3.63, 3.8) is 0 Å². The molecule has 2 aromatic rings. The van der Waals surface area contributed by atoms with Crippen LogP contribution in [0, 0.1) is 17.8 Å². The van der Waals surface area contributed by atoms with Crippen molar-refractivity contribution < 1.29 is 14.4 Å². The van der Waals surface area contributed by atoms with E-state index in [9.17, 15) is 14.4 Å². The molecule has 3 heterocycles. The fraction of sp³-hybridized carbons (Fsp3) is 0.625. The largest absolute Gasteiger partial charge is 0.364 e. The number of primary amides is 1. The molecular weight excluding hydrogens is 406 g/mol. The summed E-state index contributed by atoms with van der Waals surface area (Å²) in [5, 5.41) is 4.87. The number of fused-ring (bicyclic) bond motifs is 2. The van der Waals surface area contributed by atoms with E-state index in [1.807, 2.05) is 4.90 Å². The van der Waals surface area contributed by atoms with Gasteiger partial charge in [-0.3, -0.25) is 24.0 Å². The summed E-state index contributed by atoms with van der Waals surface area (Å²) >= 11 is 0. The Morgan fingerprint density at radius 1 is 1.19 bits per heavy atom. The quantitative estimate of drug-likeness (QED) is 0.716. The van der Waals surface area contributed by atoms with Crippen molar-refractivity contribution in [2.45, 2.75) is 76.9 Å². The molecule has 3 aliphatic rings. The Kier molecular flexibility index (Phi) is 5.47. The van der Waals surface area contributed by atoms with Crippen molar-refractivity contribution in [3.8, 4) is 0 Å². The van der Waals surface area contributed by atoms with Crippen LogP contribution in [0.25, 0.3) is 10.9 Å². The van der Waals surface area contributed by atoms with E-state index in [1.54, 1.807) is 18.5 Å². The maximum Gasteiger partial charge on any atom is 0.269 e. The second-order valence-electron chi connectivity index (χ2n) is 9.92. The van der Waals surface area contributed by atoms with Crippen LogP contribution >= 0.6 is 0 Å². The van der Waals surface area contributed by atoms with E-state index in [0.717, 1.165) is 12.8 Å². The second-order valence-corrected chi connectivity index (χ2v) is 9.92. The Labute approximate surface area is 187 Å². The number of carbonyl (C=O) groups is 3. The standard InChI is InChI=1S/C24H31N5O3/c1-14(15-5-3-2-4-6-15)9-21(30)19-11-16-10-18(16)29(19)22(31)13-28-20-12-26-8-7-17(20)23(27-28)24(25)32/h7-8,12,14-16,18-19H,2-6,9-11,13H2,1H3,(H2,25,32)/t14-,16+,18+,19-/m0/s1. The summed E-state index contributed by atoms with van der Waals surface area (Å²) in [5.41, 5.74) is 6.20. The monoisotopic (exact) mass is 437 g/mol. The minimum atomic E-state index is -0.638. The van der Waals surface area contributed by atoms with Gasteiger partial charge in [-0.2, -0.15) is 5.10 Å². The Balaban J connectivity index is 1.31. The molecular formula is C24H31N5O3. The average Bonchev–Trinajstić information content (AvgIpc) is 3.29. The average molecular weight is 438 g/mol. The summed E-state index contributed by atoms with van der Waals surface area (Å²) in [4.78, 5) is 44.3. The molecule has 2 aromatic heterocycles. The molecule has 1 saturated heterocycles. The van der Waals surface area contributed by atoms with E-state index in [1.165, 1.54) is 36.8 Å². The predicted molar refractivity (Wildman–Crippen MR) is 119 cm³/mol. The van der Waals surface area contributed by atoms with Crippen molar-refractivity contribution in [1.29, 1.82) is 0 Å². The van der Waals surface area contributed by atoms with Crippen LogP contribution in [0.2, 0.25) is 0 Å². The Hall–Kier alpha value is -2.77. The van der Waals surface area contributed by atoms with Crippen molar-refractivity contribution in [1.82, 2.24) is 19.7 Å². The first-order valence-electron chi connectivity index (χ1n) is 11.9. The van der Waals surface area contributed by atoms with Crippen LogP contribution < -0.4 is 5.73 Å². The van der Waals surface area contributed by atoms with Crippen LogP contribution in [-0.4, -0.2) is 49.3 Å². The van der Waals surface area contributed by atoms with Crippen LogP contribution in [-0.2, 0) is 16.1 Å². The molecule has 1 aliphatic heterocycles. The van der Waals surface area contributed by atoms with Crippen LogP contribution in [0.4, 0.5) is 0 Å². The molecule has 8 nitrogen and oxygen atoms in total. The third-order valence-corrected chi connectivity index (χ3v) is 7.81. The number of hydrogen-bond acceptors (Lipinski definition) is 5. The number of carbonyl (C=O) groups excluding carboxylic acids is 3. The molecule has 0 radical (unpaired) electrons. The molecule has 32 heavy (non-hydrogen) atoms. The number of piperidine rings is 1. The Bertz CT molecular complexity index is 1060. The maximum atomic E-state index is 13.4. The van der Waals surface area contributed by atoms with Crippen molar-refractivity contribution in [2.75, 3.05) is 0 Å². The lowest BCUT2D eigenvalue weighted by molar-refractivity contribution is -0.140. The van der Waals surface area contributed by atoms with Crippen LogP contribution in [0.3, 0.4) is 0 Å². The molecule has 2 amide bonds. The number of aromatic nitrogens is 3. The highest BCUT2D eigenvalue weighted by Gasteiger charge is 2.55. The summed E-state index contributed by atoms with van der Waals surface area (Å²) in [7, 11) is 0.